The van der Waals surface area contributed by atoms with E-state index in [2.05, 4.69) is 36.2 Å². The lowest BCUT2D eigenvalue weighted by atomic mass is 10.1. The highest BCUT2D eigenvalue weighted by Crippen LogP contribution is 2.33. The largest absolute Gasteiger partial charge is 0.373 e. The first-order valence-electron chi connectivity index (χ1n) is 10.0. The van der Waals surface area contributed by atoms with Gasteiger partial charge >= 0.3 is 0 Å². The maximum absolute atomic E-state index is 12.7. The van der Waals surface area contributed by atoms with Crippen molar-refractivity contribution in [3.8, 4) is 0 Å². The lowest BCUT2D eigenvalue weighted by molar-refractivity contribution is -0.0704. The number of carbonyl (C=O) groups is 1. The molecular formula is C23H27ClN2O2. The predicted molar refractivity (Wildman–Crippen MR) is 112 cm³/mol. The summed E-state index contributed by atoms with van der Waals surface area (Å²) in [5, 5.41) is 3.93. The van der Waals surface area contributed by atoms with Gasteiger partial charge in [-0.15, -0.1) is 0 Å². The third-order valence-electron chi connectivity index (χ3n) is 5.61. The quantitative estimate of drug-likeness (QED) is 0.831. The molecule has 1 fully saturated rings. The molecule has 1 aliphatic carbocycles. The standard InChI is InChI=1S/C23H27ClN2O2/c1-15-12-26(13-16(2)28-15)14-17-3-5-18(6-4-17)23(27)25-22-10-7-19-11-20(24)8-9-21(19)22/h3-6,8-9,11,15-16,22H,7,10,12-14H2,1-2H3,(H,25,27). The smallest absolute Gasteiger partial charge is 0.251 e. The summed E-state index contributed by atoms with van der Waals surface area (Å²) < 4.78 is 5.80. The number of carbonyl (C=O) groups excluding carboxylic acids is 1. The van der Waals surface area contributed by atoms with E-state index < -0.39 is 0 Å². The fraction of sp³-hybridized carbons (Fsp3) is 0.435. The normalized spacial score (nSPS) is 24.8. The summed E-state index contributed by atoms with van der Waals surface area (Å²) in [4.78, 5) is 15.1. The van der Waals surface area contributed by atoms with Crippen LogP contribution in [0.5, 0.6) is 0 Å². The van der Waals surface area contributed by atoms with Crippen LogP contribution in [0.15, 0.2) is 42.5 Å². The summed E-state index contributed by atoms with van der Waals surface area (Å²) in [5.74, 6) is -0.0204. The van der Waals surface area contributed by atoms with E-state index in [1.807, 2.05) is 30.3 Å². The third kappa shape index (κ3) is 4.40. The van der Waals surface area contributed by atoms with Crippen LogP contribution in [0.1, 0.15) is 53.4 Å². The molecule has 5 heteroatoms. The van der Waals surface area contributed by atoms with Crippen LogP contribution in [-0.2, 0) is 17.7 Å². The zero-order chi connectivity index (χ0) is 19.7. The van der Waals surface area contributed by atoms with Gasteiger partial charge in [0.1, 0.15) is 0 Å². The Morgan fingerprint density at radius 1 is 1.14 bits per heavy atom. The van der Waals surface area contributed by atoms with Gasteiger partial charge in [-0.3, -0.25) is 9.69 Å². The number of nitrogens with one attached hydrogen (secondary N) is 1. The van der Waals surface area contributed by atoms with Crippen molar-refractivity contribution in [2.75, 3.05) is 13.1 Å². The minimum Gasteiger partial charge on any atom is -0.373 e. The molecule has 1 N–H and O–H groups in total. The van der Waals surface area contributed by atoms with E-state index in [0.29, 0.717) is 5.56 Å². The van der Waals surface area contributed by atoms with Crippen LogP contribution in [0.2, 0.25) is 5.02 Å². The highest BCUT2D eigenvalue weighted by molar-refractivity contribution is 6.30. The number of nitrogens with zero attached hydrogens (tertiary/aromatic N) is 1. The van der Waals surface area contributed by atoms with Gasteiger partial charge in [0.25, 0.3) is 5.91 Å². The van der Waals surface area contributed by atoms with Crippen LogP contribution in [-0.4, -0.2) is 36.1 Å². The molecule has 1 heterocycles. The van der Waals surface area contributed by atoms with Gasteiger partial charge in [0.05, 0.1) is 18.2 Å². The Kier molecular flexibility index (Phi) is 5.72. The van der Waals surface area contributed by atoms with Crippen molar-refractivity contribution in [1.82, 2.24) is 10.2 Å². The molecule has 0 aromatic heterocycles. The lowest BCUT2D eigenvalue weighted by Gasteiger charge is -2.35. The summed E-state index contributed by atoms with van der Waals surface area (Å²) in [6, 6.07) is 14.0. The summed E-state index contributed by atoms with van der Waals surface area (Å²) >= 11 is 6.08. The molecule has 3 unspecified atom stereocenters. The molecule has 0 radical (unpaired) electrons. The van der Waals surface area contributed by atoms with E-state index >= 15 is 0 Å². The van der Waals surface area contributed by atoms with Gasteiger partial charge in [0.15, 0.2) is 0 Å². The number of amides is 1. The number of hydrogen-bond donors (Lipinski definition) is 1. The van der Waals surface area contributed by atoms with Gasteiger partial charge < -0.3 is 10.1 Å². The summed E-state index contributed by atoms with van der Waals surface area (Å²) in [5.41, 5.74) is 4.35. The third-order valence-corrected chi connectivity index (χ3v) is 5.84. The molecule has 2 aromatic carbocycles. The van der Waals surface area contributed by atoms with E-state index in [1.165, 1.54) is 16.7 Å². The Bertz CT molecular complexity index is 842. The molecule has 4 nitrogen and oxygen atoms in total. The van der Waals surface area contributed by atoms with Crippen molar-refractivity contribution < 1.29 is 9.53 Å². The second kappa shape index (κ2) is 8.24. The maximum atomic E-state index is 12.7. The molecule has 0 saturated carbocycles. The topological polar surface area (TPSA) is 41.6 Å². The first-order valence-corrected chi connectivity index (χ1v) is 10.4. The summed E-state index contributed by atoms with van der Waals surface area (Å²) in [6.45, 7) is 7.00. The van der Waals surface area contributed by atoms with Crippen LogP contribution < -0.4 is 5.32 Å². The number of ether oxygens (including phenoxy) is 1. The molecule has 0 bridgehead atoms. The first kappa shape index (κ1) is 19.4. The number of benzene rings is 2. The zero-order valence-electron chi connectivity index (χ0n) is 16.5. The van der Waals surface area contributed by atoms with E-state index in [-0.39, 0.29) is 24.2 Å². The van der Waals surface area contributed by atoms with E-state index in [0.717, 1.165) is 37.5 Å². The number of aryl methyl sites for hydroxylation is 1. The highest BCUT2D eigenvalue weighted by Gasteiger charge is 2.25. The molecule has 0 spiro atoms. The summed E-state index contributed by atoms with van der Waals surface area (Å²) in [7, 11) is 0. The first-order chi connectivity index (χ1) is 13.5. The van der Waals surface area contributed by atoms with Gasteiger partial charge in [-0.2, -0.15) is 0 Å². The van der Waals surface area contributed by atoms with Crippen LogP contribution in [0, 0.1) is 0 Å². The molecule has 2 aromatic rings. The van der Waals surface area contributed by atoms with Gasteiger partial charge in [0, 0.05) is 30.2 Å². The molecular weight excluding hydrogens is 372 g/mol. The van der Waals surface area contributed by atoms with Crippen molar-refractivity contribution in [1.29, 1.82) is 0 Å². The maximum Gasteiger partial charge on any atom is 0.251 e. The molecule has 28 heavy (non-hydrogen) atoms. The highest BCUT2D eigenvalue weighted by atomic mass is 35.5. The molecule has 4 rings (SSSR count). The number of fused-ring (bicyclic) bond motifs is 1. The minimum absolute atomic E-state index is 0.0204. The van der Waals surface area contributed by atoms with Crippen LogP contribution >= 0.6 is 11.6 Å². The number of rotatable bonds is 4. The lowest BCUT2D eigenvalue weighted by Crippen LogP contribution is -2.44. The fourth-order valence-corrected chi connectivity index (χ4v) is 4.61. The Balaban J connectivity index is 1.37. The SMILES string of the molecule is CC1CN(Cc2ccc(C(=O)NC3CCc4cc(Cl)ccc43)cc2)CC(C)O1. The monoisotopic (exact) mass is 398 g/mol. The molecule has 148 valence electrons. The number of hydrogen-bond acceptors (Lipinski definition) is 3. The van der Waals surface area contributed by atoms with Gasteiger partial charge in [-0.1, -0.05) is 29.8 Å². The molecule has 1 aliphatic heterocycles. The van der Waals surface area contributed by atoms with Crippen molar-refractivity contribution >= 4 is 17.5 Å². The molecule has 2 aliphatic rings. The minimum atomic E-state index is -0.0204. The number of halogens is 1. The average molecular weight is 399 g/mol. The Morgan fingerprint density at radius 2 is 1.86 bits per heavy atom. The van der Waals surface area contributed by atoms with Gasteiger partial charge in [-0.25, -0.2) is 0 Å². The molecule has 1 amide bonds. The van der Waals surface area contributed by atoms with Gasteiger partial charge in [-0.05, 0) is 67.6 Å². The molecule has 1 saturated heterocycles. The van der Waals surface area contributed by atoms with Crippen molar-refractivity contribution in [3.63, 3.8) is 0 Å². The Labute approximate surface area is 171 Å². The van der Waals surface area contributed by atoms with E-state index in [4.69, 9.17) is 16.3 Å². The average Bonchev–Trinajstić information content (AvgIpc) is 3.03. The van der Waals surface area contributed by atoms with Crippen LogP contribution in [0.25, 0.3) is 0 Å². The predicted octanol–water partition coefficient (Wildman–Crippen LogP) is 4.37. The van der Waals surface area contributed by atoms with Crippen LogP contribution in [0.4, 0.5) is 0 Å². The second-order valence-corrected chi connectivity index (χ2v) is 8.49. The zero-order valence-corrected chi connectivity index (χ0v) is 17.2. The van der Waals surface area contributed by atoms with Crippen molar-refractivity contribution in [2.45, 2.75) is 51.5 Å². The Morgan fingerprint density at radius 3 is 2.57 bits per heavy atom. The van der Waals surface area contributed by atoms with Gasteiger partial charge in [0.2, 0.25) is 0 Å². The number of morpholine rings is 1. The van der Waals surface area contributed by atoms with Crippen molar-refractivity contribution in [2.24, 2.45) is 0 Å². The Hall–Kier alpha value is -1.88. The van der Waals surface area contributed by atoms with E-state index in [1.54, 1.807) is 0 Å². The second-order valence-electron chi connectivity index (χ2n) is 8.06. The van der Waals surface area contributed by atoms with E-state index in [9.17, 15) is 4.79 Å². The van der Waals surface area contributed by atoms with Crippen LogP contribution in [0.3, 0.4) is 0 Å². The summed E-state index contributed by atoms with van der Waals surface area (Å²) in [6.07, 6.45) is 2.40. The van der Waals surface area contributed by atoms with Crippen molar-refractivity contribution in [3.05, 3.63) is 69.7 Å². The fourth-order valence-electron chi connectivity index (χ4n) is 4.41. The molecule has 3 atom stereocenters.